The molecule has 2 fully saturated rings. The second-order valence-corrected chi connectivity index (χ2v) is 7.91. The van der Waals surface area contributed by atoms with Gasteiger partial charge < -0.3 is 14.4 Å². The third-order valence-corrected chi connectivity index (χ3v) is 4.97. The number of piperidine rings is 1. The Hall–Kier alpha value is -0.770. The van der Waals surface area contributed by atoms with Crippen LogP contribution in [0.3, 0.4) is 0 Å². The van der Waals surface area contributed by atoms with Crippen molar-refractivity contribution in [3.8, 4) is 0 Å². The van der Waals surface area contributed by atoms with Crippen molar-refractivity contribution < 1.29 is 14.3 Å². The Morgan fingerprint density at radius 2 is 1.90 bits per heavy atom. The molecular formula is C17H31NO3. The molecule has 0 aromatic carbocycles. The number of carbonyl (C=O) groups excluding carboxylic acids is 1. The summed E-state index contributed by atoms with van der Waals surface area (Å²) in [5.41, 5.74) is 0.109. The van der Waals surface area contributed by atoms with E-state index < -0.39 is 5.60 Å². The molecule has 2 rings (SSSR count). The van der Waals surface area contributed by atoms with E-state index >= 15 is 0 Å². The maximum atomic E-state index is 12.0. The Bertz CT molecular complexity index is 369. The van der Waals surface area contributed by atoms with E-state index in [1.54, 1.807) is 4.90 Å². The molecule has 1 heterocycles. The minimum absolute atomic E-state index is 0.193. The smallest absolute Gasteiger partial charge is 0.410 e. The molecule has 2 unspecified atom stereocenters. The Morgan fingerprint density at radius 1 is 1.29 bits per heavy atom. The van der Waals surface area contributed by atoms with Crippen LogP contribution < -0.4 is 0 Å². The molecule has 0 aromatic rings. The van der Waals surface area contributed by atoms with Gasteiger partial charge in [0, 0.05) is 13.1 Å². The molecule has 0 N–H and O–H groups in total. The van der Waals surface area contributed by atoms with Crippen molar-refractivity contribution in [2.24, 2.45) is 11.3 Å². The summed E-state index contributed by atoms with van der Waals surface area (Å²) in [4.78, 5) is 13.8. The lowest BCUT2D eigenvalue weighted by Crippen LogP contribution is -2.43. The average molecular weight is 297 g/mol. The zero-order valence-electron chi connectivity index (χ0n) is 14.3. The SMILES string of the molecule is CCC1(C)CC1COC1CCN(C(=O)OC(C)(C)C)CC1. The summed E-state index contributed by atoms with van der Waals surface area (Å²) in [6.45, 7) is 12.7. The summed E-state index contributed by atoms with van der Waals surface area (Å²) >= 11 is 0. The molecule has 0 bridgehead atoms. The van der Waals surface area contributed by atoms with Crippen LogP contribution in [0.1, 0.15) is 60.3 Å². The normalized spacial score (nSPS) is 30.3. The molecule has 4 heteroatoms. The van der Waals surface area contributed by atoms with Crippen LogP contribution >= 0.6 is 0 Å². The number of rotatable bonds is 4. The maximum Gasteiger partial charge on any atom is 0.410 e. The first kappa shape index (κ1) is 16.6. The highest BCUT2D eigenvalue weighted by molar-refractivity contribution is 5.68. The van der Waals surface area contributed by atoms with Crippen LogP contribution in [0.2, 0.25) is 0 Å². The first-order valence-corrected chi connectivity index (χ1v) is 8.33. The highest BCUT2D eigenvalue weighted by Crippen LogP contribution is 2.54. The van der Waals surface area contributed by atoms with E-state index in [-0.39, 0.29) is 6.09 Å². The molecule has 0 spiro atoms. The molecule has 0 radical (unpaired) electrons. The first-order chi connectivity index (χ1) is 9.73. The predicted octanol–water partition coefficient (Wildman–Crippen LogP) is 3.84. The quantitative estimate of drug-likeness (QED) is 0.791. The Morgan fingerprint density at radius 3 is 2.38 bits per heavy atom. The molecule has 21 heavy (non-hydrogen) atoms. The molecule has 0 aromatic heterocycles. The molecule has 1 aliphatic carbocycles. The second-order valence-electron chi connectivity index (χ2n) is 7.91. The van der Waals surface area contributed by atoms with Gasteiger partial charge >= 0.3 is 6.09 Å². The van der Waals surface area contributed by atoms with Crippen molar-refractivity contribution >= 4 is 6.09 Å². The molecule has 1 aliphatic heterocycles. The zero-order valence-corrected chi connectivity index (χ0v) is 14.3. The highest BCUT2D eigenvalue weighted by atomic mass is 16.6. The summed E-state index contributed by atoms with van der Waals surface area (Å²) in [5.74, 6) is 0.742. The lowest BCUT2D eigenvalue weighted by Gasteiger charge is -2.33. The van der Waals surface area contributed by atoms with Gasteiger partial charge in [0.15, 0.2) is 0 Å². The van der Waals surface area contributed by atoms with Gasteiger partial charge in [0.1, 0.15) is 5.60 Å². The molecule has 1 saturated heterocycles. The van der Waals surface area contributed by atoms with Crippen LogP contribution in [0.25, 0.3) is 0 Å². The van der Waals surface area contributed by atoms with Crippen LogP contribution in [0, 0.1) is 11.3 Å². The minimum Gasteiger partial charge on any atom is -0.444 e. The molecule has 1 amide bonds. The van der Waals surface area contributed by atoms with E-state index in [1.807, 2.05) is 20.8 Å². The second kappa shape index (κ2) is 6.15. The van der Waals surface area contributed by atoms with Gasteiger partial charge in [-0.25, -0.2) is 4.79 Å². The highest BCUT2D eigenvalue weighted by Gasteiger charge is 2.48. The fourth-order valence-electron chi connectivity index (χ4n) is 2.98. The molecular weight excluding hydrogens is 266 g/mol. The third-order valence-electron chi connectivity index (χ3n) is 4.97. The Balaban J connectivity index is 1.66. The lowest BCUT2D eigenvalue weighted by molar-refractivity contribution is -0.0161. The van der Waals surface area contributed by atoms with E-state index in [9.17, 15) is 4.79 Å². The Labute approximate surface area is 129 Å². The topological polar surface area (TPSA) is 38.8 Å². The molecule has 1 saturated carbocycles. The van der Waals surface area contributed by atoms with Gasteiger partial charge in [-0.05, 0) is 51.4 Å². The number of carbonyl (C=O) groups is 1. The Kier molecular flexibility index (Phi) is 4.86. The van der Waals surface area contributed by atoms with Gasteiger partial charge in [-0.1, -0.05) is 20.3 Å². The fourth-order valence-corrected chi connectivity index (χ4v) is 2.98. The molecule has 122 valence electrons. The van der Waals surface area contributed by atoms with E-state index in [1.165, 1.54) is 12.8 Å². The van der Waals surface area contributed by atoms with Gasteiger partial charge in [0.2, 0.25) is 0 Å². The number of amides is 1. The van der Waals surface area contributed by atoms with Crippen molar-refractivity contribution in [2.45, 2.75) is 72.0 Å². The van der Waals surface area contributed by atoms with Crippen molar-refractivity contribution in [3.05, 3.63) is 0 Å². The van der Waals surface area contributed by atoms with Crippen molar-refractivity contribution in [1.29, 1.82) is 0 Å². The maximum absolute atomic E-state index is 12.0. The van der Waals surface area contributed by atoms with Crippen LogP contribution in [0.5, 0.6) is 0 Å². The van der Waals surface area contributed by atoms with Gasteiger partial charge in [-0.15, -0.1) is 0 Å². The summed E-state index contributed by atoms with van der Waals surface area (Å²) in [5, 5.41) is 0. The van der Waals surface area contributed by atoms with Crippen molar-refractivity contribution in [2.75, 3.05) is 19.7 Å². The lowest BCUT2D eigenvalue weighted by atomic mass is 10.0. The summed E-state index contributed by atoms with van der Waals surface area (Å²) in [6, 6.07) is 0. The van der Waals surface area contributed by atoms with Crippen LogP contribution in [-0.4, -0.2) is 42.4 Å². The van der Waals surface area contributed by atoms with Crippen molar-refractivity contribution in [3.63, 3.8) is 0 Å². The van der Waals surface area contributed by atoms with E-state index in [0.29, 0.717) is 11.5 Å². The zero-order chi connectivity index (χ0) is 15.7. The fraction of sp³-hybridized carbons (Fsp3) is 0.941. The third kappa shape index (κ3) is 4.60. The van der Waals surface area contributed by atoms with Crippen LogP contribution in [0.4, 0.5) is 4.79 Å². The van der Waals surface area contributed by atoms with E-state index in [0.717, 1.165) is 38.5 Å². The summed E-state index contributed by atoms with van der Waals surface area (Å²) < 4.78 is 11.5. The number of hydrogen-bond acceptors (Lipinski definition) is 3. The summed E-state index contributed by atoms with van der Waals surface area (Å²) in [6.07, 6.45) is 4.52. The standard InChI is InChI=1S/C17H31NO3/c1-6-17(5)11-13(17)12-20-14-7-9-18(10-8-14)15(19)21-16(2,3)4/h13-14H,6-12H2,1-5H3. The average Bonchev–Trinajstić information content (AvgIpc) is 3.07. The van der Waals surface area contributed by atoms with Crippen LogP contribution in [0.15, 0.2) is 0 Å². The number of ether oxygens (including phenoxy) is 2. The molecule has 2 aliphatic rings. The molecule has 2 atom stereocenters. The van der Waals surface area contributed by atoms with Gasteiger partial charge in [0.05, 0.1) is 12.7 Å². The number of hydrogen-bond donors (Lipinski definition) is 0. The predicted molar refractivity (Wildman–Crippen MR) is 83.3 cm³/mol. The largest absolute Gasteiger partial charge is 0.444 e. The molecule has 4 nitrogen and oxygen atoms in total. The number of likely N-dealkylation sites (tertiary alicyclic amines) is 1. The van der Waals surface area contributed by atoms with Crippen LogP contribution in [-0.2, 0) is 9.47 Å². The summed E-state index contributed by atoms with van der Waals surface area (Å²) in [7, 11) is 0. The van der Waals surface area contributed by atoms with E-state index in [4.69, 9.17) is 9.47 Å². The number of nitrogens with zero attached hydrogens (tertiary/aromatic N) is 1. The first-order valence-electron chi connectivity index (χ1n) is 8.33. The minimum atomic E-state index is -0.416. The van der Waals surface area contributed by atoms with E-state index in [2.05, 4.69) is 13.8 Å². The van der Waals surface area contributed by atoms with Gasteiger partial charge in [0.25, 0.3) is 0 Å². The van der Waals surface area contributed by atoms with Gasteiger partial charge in [-0.2, -0.15) is 0 Å². The van der Waals surface area contributed by atoms with Gasteiger partial charge in [-0.3, -0.25) is 0 Å². The van der Waals surface area contributed by atoms with Crippen molar-refractivity contribution in [1.82, 2.24) is 4.90 Å². The monoisotopic (exact) mass is 297 g/mol.